The van der Waals surface area contributed by atoms with Crippen molar-refractivity contribution in [3.05, 3.63) is 66.0 Å². The number of hydrogen-bond donors (Lipinski definition) is 1. The molecule has 1 N–H and O–H groups in total. The van der Waals surface area contributed by atoms with E-state index in [-0.39, 0.29) is 18.0 Å². The summed E-state index contributed by atoms with van der Waals surface area (Å²) in [7, 11) is 0. The van der Waals surface area contributed by atoms with Crippen LogP contribution >= 0.6 is 0 Å². The van der Waals surface area contributed by atoms with Gasteiger partial charge in [-0.2, -0.15) is 0 Å². The molecule has 7 nitrogen and oxygen atoms in total. The molecule has 1 atom stereocenters. The third kappa shape index (κ3) is 3.74. The molecule has 0 aliphatic carbocycles. The van der Waals surface area contributed by atoms with Gasteiger partial charge in [0.15, 0.2) is 11.6 Å². The van der Waals surface area contributed by atoms with E-state index in [1.165, 1.54) is 17.1 Å². The molecule has 4 rings (SSSR count). The molecule has 1 aromatic heterocycles. The van der Waals surface area contributed by atoms with Gasteiger partial charge in [0, 0.05) is 17.8 Å². The van der Waals surface area contributed by atoms with E-state index in [9.17, 15) is 13.6 Å². The largest absolute Gasteiger partial charge is 0.325 e. The summed E-state index contributed by atoms with van der Waals surface area (Å²) < 4.78 is 28.9. The first-order valence-corrected chi connectivity index (χ1v) is 8.93. The van der Waals surface area contributed by atoms with Gasteiger partial charge in [-0.15, -0.1) is 5.10 Å². The topological polar surface area (TPSA) is 75.9 Å². The van der Waals surface area contributed by atoms with Crippen LogP contribution in [0, 0.1) is 11.6 Å². The summed E-state index contributed by atoms with van der Waals surface area (Å²) in [5.41, 5.74) is 1.58. The Morgan fingerprint density at radius 3 is 2.89 bits per heavy atom. The Morgan fingerprint density at radius 1 is 1.21 bits per heavy atom. The number of likely N-dealkylation sites (tertiary alicyclic amines) is 1. The van der Waals surface area contributed by atoms with Crippen molar-refractivity contribution in [3.63, 3.8) is 0 Å². The number of aromatic nitrogens is 4. The second kappa shape index (κ2) is 7.81. The number of nitrogens with zero attached hydrogens (tertiary/aromatic N) is 5. The van der Waals surface area contributed by atoms with Crippen molar-refractivity contribution in [3.8, 4) is 5.69 Å². The van der Waals surface area contributed by atoms with Crippen molar-refractivity contribution in [2.75, 3.05) is 11.9 Å². The minimum atomic E-state index is -0.878. The van der Waals surface area contributed by atoms with Crippen molar-refractivity contribution in [2.45, 2.75) is 25.4 Å². The average Bonchev–Trinajstić information content (AvgIpc) is 3.38. The van der Waals surface area contributed by atoms with Crippen molar-refractivity contribution in [2.24, 2.45) is 0 Å². The van der Waals surface area contributed by atoms with Gasteiger partial charge in [0.05, 0.1) is 11.7 Å². The van der Waals surface area contributed by atoms with Gasteiger partial charge in [-0.1, -0.05) is 18.2 Å². The number of carbonyl (C=O) groups is 1. The lowest BCUT2D eigenvalue weighted by Crippen LogP contribution is -2.39. The molecule has 3 aromatic rings. The molecule has 0 spiro atoms. The number of carbonyl (C=O) groups excluding carboxylic acids is 1. The van der Waals surface area contributed by atoms with Crippen molar-refractivity contribution >= 4 is 11.6 Å². The van der Waals surface area contributed by atoms with E-state index in [1.807, 2.05) is 11.0 Å². The Balaban J connectivity index is 1.47. The van der Waals surface area contributed by atoms with Gasteiger partial charge in [0.2, 0.25) is 5.91 Å². The van der Waals surface area contributed by atoms with Gasteiger partial charge in [0.1, 0.15) is 6.33 Å². The fourth-order valence-electron chi connectivity index (χ4n) is 3.43. The zero-order chi connectivity index (χ0) is 19.5. The standard InChI is InChI=1S/C19H18F2N6O/c20-16-7-1-4-13(18(16)21)11-26-9-3-8-17(26)19(28)23-14-5-2-6-15(10-14)27-12-22-24-25-27/h1-2,4-7,10,12,17H,3,8-9,11H2,(H,23,28)/t17-/m0/s1. The molecule has 1 aliphatic rings. The highest BCUT2D eigenvalue weighted by molar-refractivity contribution is 5.95. The molecular formula is C19H18F2N6O. The average molecular weight is 384 g/mol. The fraction of sp³-hybridized carbons (Fsp3) is 0.263. The van der Waals surface area contributed by atoms with E-state index in [2.05, 4.69) is 20.8 Å². The van der Waals surface area contributed by atoms with Crippen molar-refractivity contribution in [1.29, 1.82) is 0 Å². The van der Waals surface area contributed by atoms with Crippen LogP contribution in [-0.4, -0.2) is 43.6 Å². The predicted octanol–water partition coefficient (Wildman–Crippen LogP) is 2.54. The number of anilines is 1. The molecular weight excluding hydrogens is 366 g/mol. The zero-order valence-electron chi connectivity index (χ0n) is 14.9. The Kier molecular flexibility index (Phi) is 5.07. The molecule has 1 aliphatic heterocycles. The van der Waals surface area contributed by atoms with Crippen molar-refractivity contribution < 1.29 is 13.6 Å². The number of amides is 1. The smallest absolute Gasteiger partial charge is 0.241 e. The van der Waals surface area contributed by atoms with Gasteiger partial charge in [0.25, 0.3) is 0 Å². The summed E-state index contributed by atoms with van der Waals surface area (Å²) in [6, 6.07) is 10.9. The SMILES string of the molecule is O=C(Nc1cccc(-n2cnnn2)c1)[C@@H]1CCCN1Cc1cccc(F)c1F. The molecule has 2 aromatic carbocycles. The first-order valence-electron chi connectivity index (χ1n) is 8.93. The van der Waals surface area contributed by atoms with E-state index in [0.717, 1.165) is 12.5 Å². The maximum atomic E-state index is 14.0. The van der Waals surface area contributed by atoms with Gasteiger partial charge in [-0.25, -0.2) is 13.5 Å². The second-order valence-corrected chi connectivity index (χ2v) is 6.64. The van der Waals surface area contributed by atoms with Crippen LogP contribution in [0.2, 0.25) is 0 Å². The molecule has 1 fully saturated rings. The number of tetrazole rings is 1. The number of halogens is 2. The summed E-state index contributed by atoms with van der Waals surface area (Å²) in [6.45, 7) is 0.838. The monoisotopic (exact) mass is 384 g/mol. The van der Waals surface area contributed by atoms with E-state index in [0.29, 0.717) is 24.3 Å². The lowest BCUT2D eigenvalue weighted by atomic mass is 10.1. The third-order valence-corrected chi connectivity index (χ3v) is 4.80. The van der Waals surface area contributed by atoms with Crippen LogP contribution in [0.4, 0.5) is 14.5 Å². The summed E-state index contributed by atoms with van der Waals surface area (Å²) in [4.78, 5) is 14.7. The summed E-state index contributed by atoms with van der Waals surface area (Å²) in [5.74, 6) is -1.91. The lowest BCUT2D eigenvalue weighted by Gasteiger charge is -2.24. The van der Waals surface area contributed by atoms with Crippen LogP contribution in [0.25, 0.3) is 5.69 Å². The normalized spacial score (nSPS) is 17.0. The van der Waals surface area contributed by atoms with E-state index < -0.39 is 17.7 Å². The number of nitrogens with one attached hydrogen (secondary N) is 1. The molecule has 1 saturated heterocycles. The molecule has 144 valence electrons. The molecule has 1 amide bonds. The molecule has 2 heterocycles. The molecule has 0 bridgehead atoms. The fourth-order valence-corrected chi connectivity index (χ4v) is 3.43. The number of benzene rings is 2. The Morgan fingerprint density at radius 2 is 2.07 bits per heavy atom. The van der Waals surface area contributed by atoms with E-state index >= 15 is 0 Å². The van der Waals surface area contributed by atoms with E-state index in [1.54, 1.807) is 24.3 Å². The number of rotatable bonds is 5. The lowest BCUT2D eigenvalue weighted by molar-refractivity contribution is -0.120. The summed E-state index contributed by atoms with van der Waals surface area (Å²) in [6.07, 6.45) is 2.95. The first-order chi connectivity index (χ1) is 13.6. The van der Waals surface area contributed by atoms with E-state index in [4.69, 9.17) is 0 Å². The van der Waals surface area contributed by atoms with Crippen molar-refractivity contribution in [1.82, 2.24) is 25.1 Å². The Bertz CT molecular complexity index is 978. The molecule has 0 saturated carbocycles. The van der Waals surface area contributed by atoms with Crippen LogP contribution in [0.1, 0.15) is 18.4 Å². The maximum absolute atomic E-state index is 14.0. The highest BCUT2D eigenvalue weighted by atomic mass is 19.2. The predicted molar refractivity (Wildman–Crippen MR) is 97.6 cm³/mol. The van der Waals surface area contributed by atoms with Crippen LogP contribution in [0.3, 0.4) is 0 Å². The summed E-state index contributed by atoms with van der Waals surface area (Å²) in [5, 5.41) is 13.9. The van der Waals surface area contributed by atoms with Crippen LogP contribution < -0.4 is 5.32 Å². The third-order valence-electron chi connectivity index (χ3n) is 4.80. The quantitative estimate of drug-likeness (QED) is 0.732. The molecule has 0 unspecified atom stereocenters. The highest BCUT2D eigenvalue weighted by Crippen LogP contribution is 2.24. The van der Waals surface area contributed by atoms with Crippen LogP contribution in [0.5, 0.6) is 0 Å². The van der Waals surface area contributed by atoms with Gasteiger partial charge >= 0.3 is 0 Å². The Hall–Kier alpha value is -3.20. The van der Waals surface area contributed by atoms with Gasteiger partial charge in [-0.05, 0) is 54.1 Å². The summed E-state index contributed by atoms with van der Waals surface area (Å²) >= 11 is 0. The molecule has 28 heavy (non-hydrogen) atoms. The number of hydrogen-bond acceptors (Lipinski definition) is 5. The molecule has 0 radical (unpaired) electrons. The second-order valence-electron chi connectivity index (χ2n) is 6.64. The van der Waals surface area contributed by atoms with Crippen LogP contribution in [-0.2, 0) is 11.3 Å². The zero-order valence-corrected chi connectivity index (χ0v) is 14.9. The Labute approximate surface area is 160 Å². The minimum Gasteiger partial charge on any atom is -0.325 e. The first kappa shape index (κ1) is 18.2. The van der Waals surface area contributed by atoms with Gasteiger partial charge in [-0.3, -0.25) is 9.69 Å². The van der Waals surface area contributed by atoms with Crippen LogP contribution in [0.15, 0.2) is 48.8 Å². The van der Waals surface area contributed by atoms with Gasteiger partial charge < -0.3 is 5.32 Å². The minimum absolute atomic E-state index is 0.178. The molecule has 9 heteroatoms. The maximum Gasteiger partial charge on any atom is 0.241 e. The highest BCUT2D eigenvalue weighted by Gasteiger charge is 2.31.